The molecule has 3 heteroatoms. The molecular formula is C22H25NO2. The van der Waals surface area contributed by atoms with Gasteiger partial charge in [0, 0.05) is 18.0 Å². The number of nitrogens with zero attached hydrogens (tertiary/aromatic N) is 1. The highest BCUT2D eigenvalue weighted by Crippen LogP contribution is 2.63. The summed E-state index contributed by atoms with van der Waals surface area (Å²) in [4.78, 5) is 4.57. The Morgan fingerprint density at radius 2 is 1.96 bits per heavy atom. The van der Waals surface area contributed by atoms with E-state index >= 15 is 0 Å². The standard InChI is InChI=1S/C22H25NO2/c1-21-10-8-16(15-4-6-18(24)7-5-15)13-17(21)9-11-22(21)14-19-20(25-22)3-2-12-23-19/h2-7,12,16-17,24H,8-11,13-14H2,1H3/t16-,17-,21-,22+/m0/s1. The van der Waals surface area contributed by atoms with Crippen LogP contribution in [0.25, 0.3) is 0 Å². The van der Waals surface area contributed by atoms with Gasteiger partial charge in [0.15, 0.2) is 0 Å². The molecule has 2 heterocycles. The van der Waals surface area contributed by atoms with E-state index in [4.69, 9.17) is 4.74 Å². The molecule has 25 heavy (non-hydrogen) atoms. The zero-order valence-electron chi connectivity index (χ0n) is 14.7. The summed E-state index contributed by atoms with van der Waals surface area (Å²) >= 11 is 0. The quantitative estimate of drug-likeness (QED) is 0.810. The Kier molecular flexibility index (Phi) is 3.19. The smallest absolute Gasteiger partial charge is 0.141 e. The van der Waals surface area contributed by atoms with Crippen LogP contribution in [0.15, 0.2) is 42.6 Å². The minimum absolute atomic E-state index is 0.0473. The van der Waals surface area contributed by atoms with Crippen LogP contribution in [0.2, 0.25) is 0 Å². The van der Waals surface area contributed by atoms with E-state index in [0.717, 1.165) is 24.3 Å². The molecule has 3 aliphatic rings. The van der Waals surface area contributed by atoms with Crippen LogP contribution >= 0.6 is 0 Å². The van der Waals surface area contributed by atoms with E-state index in [-0.39, 0.29) is 11.0 Å². The van der Waals surface area contributed by atoms with Gasteiger partial charge in [-0.25, -0.2) is 0 Å². The molecule has 0 unspecified atom stereocenters. The van der Waals surface area contributed by atoms with Crippen molar-refractivity contribution in [1.82, 2.24) is 4.98 Å². The van der Waals surface area contributed by atoms with Crippen LogP contribution in [-0.2, 0) is 6.42 Å². The molecule has 1 spiro atoms. The highest BCUT2D eigenvalue weighted by atomic mass is 16.5. The summed E-state index contributed by atoms with van der Waals surface area (Å²) in [5.74, 6) is 2.67. The van der Waals surface area contributed by atoms with E-state index in [9.17, 15) is 5.11 Å². The fourth-order valence-corrected chi connectivity index (χ4v) is 5.80. The maximum Gasteiger partial charge on any atom is 0.141 e. The van der Waals surface area contributed by atoms with Gasteiger partial charge < -0.3 is 9.84 Å². The number of fused-ring (bicyclic) bond motifs is 3. The minimum Gasteiger partial charge on any atom is -0.508 e. The average molecular weight is 335 g/mol. The molecule has 4 atom stereocenters. The van der Waals surface area contributed by atoms with Gasteiger partial charge in [-0.1, -0.05) is 19.1 Å². The fraction of sp³-hybridized carbons (Fsp3) is 0.500. The van der Waals surface area contributed by atoms with Gasteiger partial charge in [0.25, 0.3) is 0 Å². The molecule has 1 aromatic carbocycles. The van der Waals surface area contributed by atoms with Crippen molar-refractivity contribution in [3.63, 3.8) is 0 Å². The highest BCUT2D eigenvalue weighted by Gasteiger charge is 2.62. The molecule has 5 rings (SSSR count). The summed E-state index contributed by atoms with van der Waals surface area (Å²) in [6.07, 6.45) is 8.89. The lowest BCUT2D eigenvalue weighted by Gasteiger charge is -2.48. The van der Waals surface area contributed by atoms with E-state index < -0.39 is 0 Å². The zero-order chi connectivity index (χ0) is 17.1. The van der Waals surface area contributed by atoms with E-state index in [1.54, 1.807) is 0 Å². The number of hydrogen-bond donors (Lipinski definition) is 1. The van der Waals surface area contributed by atoms with Crippen molar-refractivity contribution in [3.05, 3.63) is 53.9 Å². The summed E-state index contributed by atoms with van der Waals surface area (Å²) in [5.41, 5.74) is 2.71. The van der Waals surface area contributed by atoms with Crippen LogP contribution < -0.4 is 4.74 Å². The van der Waals surface area contributed by atoms with Crippen molar-refractivity contribution in [2.45, 2.75) is 57.0 Å². The lowest BCUT2D eigenvalue weighted by atomic mass is 9.59. The van der Waals surface area contributed by atoms with E-state index in [0.29, 0.717) is 17.6 Å². The molecule has 130 valence electrons. The molecule has 2 aliphatic carbocycles. The second kappa shape index (κ2) is 5.23. The summed E-state index contributed by atoms with van der Waals surface area (Å²) in [6, 6.07) is 11.9. The Bertz CT molecular complexity index is 775. The van der Waals surface area contributed by atoms with Crippen molar-refractivity contribution in [3.8, 4) is 11.5 Å². The second-order valence-corrected chi connectivity index (χ2v) is 8.44. The van der Waals surface area contributed by atoms with Crippen LogP contribution in [0.3, 0.4) is 0 Å². The summed E-state index contributed by atoms with van der Waals surface area (Å²) in [5, 5.41) is 9.55. The molecule has 3 nitrogen and oxygen atoms in total. The number of phenols is 1. The molecule has 1 aromatic heterocycles. The number of phenolic OH excluding ortho intramolecular Hbond substituents is 1. The molecule has 2 saturated carbocycles. The first-order chi connectivity index (χ1) is 12.1. The third-order valence-electron chi connectivity index (χ3n) is 7.39. The van der Waals surface area contributed by atoms with Gasteiger partial charge in [-0.2, -0.15) is 0 Å². The van der Waals surface area contributed by atoms with Crippen LogP contribution in [0.1, 0.15) is 56.2 Å². The van der Waals surface area contributed by atoms with Crippen molar-refractivity contribution >= 4 is 0 Å². The summed E-state index contributed by atoms with van der Waals surface area (Å²) in [6.45, 7) is 2.46. The predicted molar refractivity (Wildman–Crippen MR) is 96.8 cm³/mol. The van der Waals surface area contributed by atoms with E-state index in [1.165, 1.54) is 31.2 Å². The molecule has 0 bridgehead atoms. The van der Waals surface area contributed by atoms with Crippen LogP contribution in [0.4, 0.5) is 0 Å². The number of benzene rings is 1. The van der Waals surface area contributed by atoms with Gasteiger partial charge >= 0.3 is 0 Å². The lowest BCUT2D eigenvalue weighted by Crippen LogP contribution is -2.50. The molecule has 2 fully saturated rings. The molecule has 1 aliphatic heterocycles. The van der Waals surface area contributed by atoms with Gasteiger partial charge in [-0.15, -0.1) is 0 Å². The number of pyridine rings is 1. The molecule has 0 radical (unpaired) electrons. The number of ether oxygens (including phenoxy) is 1. The van der Waals surface area contributed by atoms with Gasteiger partial charge in [-0.05, 0) is 73.8 Å². The molecule has 0 amide bonds. The monoisotopic (exact) mass is 335 g/mol. The third-order valence-corrected chi connectivity index (χ3v) is 7.39. The number of rotatable bonds is 1. The molecule has 0 saturated heterocycles. The first kappa shape index (κ1) is 15.2. The summed E-state index contributed by atoms with van der Waals surface area (Å²) in [7, 11) is 0. The Hall–Kier alpha value is -2.03. The van der Waals surface area contributed by atoms with Crippen LogP contribution in [0.5, 0.6) is 11.5 Å². The van der Waals surface area contributed by atoms with Gasteiger partial charge in [-0.3, -0.25) is 4.98 Å². The Labute approximate surface area is 149 Å². The first-order valence-corrected chi connectivity index (χ1v) is 9.51. The van der Waals surface area contributed by atoms with E-state index in [1.807, 2.05) is 24.4 Å². The largest absolute Gasteiger partial charge is 0.508 e. The van der Waals surface area contributed by atoms with Crippen LogP contribution in [0, 0.1) is 11.3 Å². The maximum absolute atomic E-state index is 9.55. The van der Waals surface area contributed by atoms with Gasteiger partial charge in [0.2, 0.25) is 0 Å². The Balaban J connectivity index is 1.41. The van der Waals surface area contributed by atoms with Crippen LogP contribution in [-0.4, -0.2) is 15.7 Å². The molecular weight excluding hydrogens is 310 g/mol. The first-order valence-electron chi connectivity index (χ1n) is 9.51. The average Bonchev–Trinajstić information content (AvgIpc) is 3.14. The molecule has 1 N–H and O–H groups in total. The highest BCUT2D eigenvalue weighted by molar-refractivity contribution is 5.37. The SMILES string of the molecule is C[C@]12CC[C@H](c3ccc(O)cc3)C[C@@H]1CC[C@@]21Cc2ncccc2O1. The van der Waals surface area contributed by atoms with Crippen molar-refractivity contribution in [2.75, 3.05) is 0 Å². The number of aromatic hydroxyl groups is 1. The lowest BCUT2D eigenvalue weighted by molar-refractivity contribution is -0.0518. The predicted octanol–water partition coefficient (Wildman–Crippen LogP) is 4.84. The van der Waals surface area contributed by atoms with Gasteiger partial charge in [0.05, 0.1) is 5.69 Å². The Morgan fingerprint density at radius 3 is 2.76 bits per heavy atom. The zero-order valence-corrected chi connectivity index (χ0v) is 14.7. The number of hydrogen-bond acceptors (Lipinski definition) is 3. The fourth-order valence-electron chi connectivity index (χ4n) is 5.80. The Morgan fingerprint density at radius 1 is 1.12 bits per heavy atom. The third kappa shape index (κ3) is 2.14. The maximum atomic E-state index is 9.55. The van der Waals surface area contributed by atoms with E-state index in [2.05, 4.69) is 30.1 Å². The minimum atomic E-state index is -0.0473. The normalized spacial score (nSPS) is 36.0. The van der Waals surface area contributed by atoms with Crippen molar-refractivity contribution < 1.29 is 9.84 Å². The van der Waals surface area contributed by atoms with Gasteiger partial charge in [0.1, 0.15) is 17.1 Å². The second-order valence-electron chi connectivity index (χ2n) is 8.44. The summed E-state index contributed by atoms with van der Waals surface area (Å²) < 4.78 is 6.59. The topological polar surface area (TPSA) is 42.4 Å². The van der Waals surface area contributed by atoms with Crippen molar-refractivity contribution in [2.24, 2.45) is 11.3 Å². The number of aromatic nitrogens is 1. The van der Waals surface area contributed by atoms with Crippen molar-refractivity contribution in [1.29, 1.82) is 0 Å². The molecule has 2 aromatic rings.